The first kappa shape index (κ1) is 23.8. The molecule has 0 radical (unpaired) electrons. The molecule has 0 atom stereocenters. The Morgan fingerprint density at radius 2 is 1.71 bits per heavy atom. The van der Waals surface area contributed by atoms with E-state index < -0.39 is 11.3 Å². The normalized spacial score (nSPS) is 13.3. The van der Waals surface area contributed by atoms with Gasteiger partial charge in [0.2, 0.25) is 0 Å². The summed E-state index contributed by atoms with van der Waals surface area (Å²) in [6, 6.07) is 20.1. The molecule has 0 fully saturated rings. The van der Waals surface area contributed by atoms with Crippen LogP contribution in [0, 0.1) is 0 Å². The van der Waals surface area contributed by atoms with Crippen molar-refractivity contribution >= 4 is 21.9 Å². The Balaban J connectivity index is 1.37. The first-order chi connectivity index (χ1) is 18.5. The zero-order chi connectivity index (χ0) is 26.2. The highest BCUT2D eigenvalue weighted by Gasteiger charge is 2.24. The van der Waals surface area contributed by atoms with Crippen molar-refractivity contribution in [3.63, 3.8) is 0 Å². The molecule has 3 aromatic carbocycles. The average Bonchev–Trinajstić information content (AvgIpc) is 2.95. The SMILES string of the molecule is COc1ccc(CCN2COc3ccc4c(-c5cc6cccc(OC)c6oc5=O)cc(=O)oc4c3C2)cc1. The van der Waals surface area contributed by atoms with Crippen molar-refractivity contribution in [2.45, 2.75) is 13.0 Å². The Bertz CT molecular complexity index is 1770. The third-order valence-corrected chi connectivity index (χ3v) is 6.87. The van der Waals surface area contributed by atoms with Gasteiger partial charge in [-0.15, -0.1) is 0 Å². The second kappa shape index (κ2) is 9.72. The number of methoxy groups -OCH3 is 2. The minimum Gasteiger partial charge on any atom is -0.497 e. The maximum absolute atomic E-state index is 13.1. The van der Waals surface area contributed by atoms with Gasteiger partial charge in [-0.3, -0.25) is 4.90 Å². The molecule has 1 aliphatic rings. The Morgan fingerprint density at radius 3 is 2.50 bits per heavy atom. The molecular formula is C30H25NO7. The van der Waals surface area contributed by atoms with E-state index >= 15 is 0 Å². The van der Waals surface area contributed by atoms with E-state index in [0.717, 1.165) is 24.3 Å². The van der Waals surface area contributed by atoms with Gasteiger partial charge in [0.25, 0.3) is 0 Å². The van der Waals surface area contributed by atoms with Crippen molar-refractivity contribution in [1.29, 1.82) is 0 Å². The third kappa shape index (κ3) is 4.29. The summed E-state index contributed by atoms with van der Waals surface area (Å²) >= 11 is 0. The second-order valence-electron chi connectivity index (χ2n) is 9.15. The predicted octanol–water partition coefficient (Wildman–Crippen LogP) is 4.98. The van der Waals surface area contributed by atoms with Crippen LogP contribution < -0.4 is 25.5 Å². The van der Waals surface area contributed by atoms with E-state index in [1.165, 1.54) is 18.7 Å². The number of fused-ring (bicyclic) bond motifs is 4. The van der Waals surface area contributed by atoms with Gasteiger partial charge in [0.15, 0.2) is 11.3 Å². The second-order valence-corrected chi connectivity index (χ2v) is 9.15. The maximum Gasteiger partial charge on any atom is 0.344 e. The van der Waals surface area contributed by atoms with Crippen molar-refractivity contribution in [3.8, 4) is 28.4 Å². The lowest BCUT2D eigenvalue weighted by molar-refractivity contribution is 0.0968. The van der Waals surface area contributed by atoms with Gasteiger partial charge in [0, 0.05) is 35.5 Å². The molecule has 192 valence electrons. The highest BCUT2D eigenvalue weighted by atomic mass is 16.5. The van der Waals surface area contributed by atoms with Crippen molar-refractivity contribution in [2.24, 2.45) is 0 Å². The summed E-state index contributed by atoms with van der Waals surface area (Å²) in [6.45, 7) is 1.72. The van der Waals surface area contributed by atoms with E-state index in [0.29, 0.717) is 52.3 Å². The molecule has 0 aliphatic carbocycles. The monoisotopic (exact) mass is 511 g/mol. The molecule has 0 saturated carbocycles. The molecule has 1 aliphatic heterocycles. The molecule has 0 spiro atoms. The third-order valence-electron chi connectivity index (χ3n) is 6.87. The summed E-state index contributed by atoms with van der Waals surface area (Å²) in [4.78, 5) is 27.9. The molecule has 6 rings (SSSR count). The number of ether oxygens (including phenoxy) is 3. The molecule has 2 aromatic heterocycles. The predicted molar refractivity (Wildman–Crippen MR) is 143 cm³/mol. The smallest absolute Gasteiger partial charge is 0.344 e. The van der Waals surface area contributed by atoms with Gasteiger partial charge in [-0.05, 0) is 48.4 Å². The van der Waals surface area contributed by atoms with E-state index in [9.17, 15) is 9.59 Å². The largest absolute Gasteiger partial charge is 0.497 e. The molecule has 0 N–H and O–H groups in total. The molecule has 3 heterocycles. The van der Waals surface area contributed by atoms with Gasteiger partial charge >= 0.3 is 11.3 Å². The lowest BCUT2D eigenvalue weighted by Crippen LogP contribution is -2.33. The Kier molecular flexibility index (Phi) is 6.09. The fraction of sp³-hybridized carbons (Fsp3) is 0.200. The minimum atomic E-state index is -0.566. The van der Waals surface area contributed by atoms with Crippen LogP contribution in [0.5, 0.6) is 17.2 Å². The van der Waals surface area contributed by atoms with Crippen molar-refractivity contribution in [2.75, 3.05) is 27.5 Å². The van der Waals surface area contributed by atoms with Gasteiger partial charge in [-0.1, -0.05) is 24.3 Å². The van der Waals surface area contributed by atoms with Gasteiger partial charge < -0.3 is 23.0 Å². The summed E-state index contributed by atoms with van der Waals surface area (Å²) in [5.74, 6) is 1.94. The lowest BCUT2D eigenvalue weighted by atomic mass is 9.99. The number of hydrogen-bond acceptors (Lipinski definition) is 8. The van der Waals surface area contributed by atoms with Crippen molar-refractivity contribution in [3.05, 3.63) is 98.7 Å². The van der Waals surface area contributed by atoms with Gasteiger partial charge in [0.1, 0.15) is 23.8 Å². The first-order valence-electron chi connectivity index (χ1n) is 12.2. The fourth-order valence-electron chi connectivity index (χ4n) is 4.89. The summed E-state index contributed by atoms with van der Waals surface area (Å²) in [7, 11) is 3.17. The van der Waals surface area contributed by atoms with Crippen LogP contribution in [-0.4, -0.2) is 32.4 Å². The summed E-state index contributed by atoms with van der Waals surface area (Å²) in [5.41, 5.74) is 2.32. The highest BCUT2D eigenvalue weighted by Crippen LogP contribution is 2.36. The Labute approximate surface area is 217 Å². The van der Waals surface area contributed by atoms with Gasteiger partial charge in [0.05, 0.1) is 25.3 Å². The molecule has 0 bridgehead atoms. The van der Waals surface area contributed by atoms with E-state index in [2.05, 4.69) is 4.90 Å². The van der Waals surface area contributed by atoms with Crippen LogP contribution in [-0.2, 0) is 13.0 Å². The van der Waals surface area contributed by atoms with Gasteiger partial charge in [-0.2, -0.15) is 0 Å². The Hall–Kier alpha value is -4.56. The fourth-order valence-corrected chi connectivity index (χ4v) is 4.89. The minimum absolute atomic E-state index is 0.275. The molecule has 8 heteroatoms. The Morgan fingerprint density at radius 1 is 0.868 bits per heavy atom. The molecule has 0 amide bonds. The average molecular weight is 512 g/mol. The van der Waals surface area contributed by atoms with Crippen molar-refractivity contribution in [1.82, 2.24) is 4.90 Å². The lowest BCUT2D eigenvalue weighted by Gasteiger charge is -2.29. The van der Waals surface area contributed by atoms with Crippen molar-refractivity contribution < 1.29 is 23.0 Å². The van der Waals surface area contributed by atoms with Crippen LogP contribution >= 0.6 is 0 Å². The molecule has 38 heavy (non-hydrogen) atoms. The van der Waals surface area contributed by atoms with Crippen LogP contribution in [0.4, 0.5) is 0 Å². The van der Waals surface area contributed by atoms with E-state index in [1.54, 1.807) is 19.2 Å². The number of benzene rings is 3. The van der Waals surface area contributed by atoms with E-state index in [-0.39, 0.29) is 5.56 Å². The van der Waals surface area contributed by atoms with Gasteiger partial charge in [-0.25, -0.2) is 9.59 Å². The number of rotatable bonds is 6. The van der Waals surface area contributed by atoms with Crippen LogP contribution in [0.15, 0.2) is 85.2 Å². The first-order valence-corrected chi connectivity index (χ1v) is 12.2. The summed E-state index contributed by atoms with van der Waals surface area (Å²) in [5, 5.41) is 1.32. The molecule has 0 unspecified atom stereocenters. The van der Waals surface area contributed by atoms with Crippen LogP contribution in [0.2, 0.25) is 0 Å². The topological polar surface area (TPSA) is 91.4 Å². The summed E-state index contributed by atoms with van der Waals surface area (Å²) < 4.78 is 27.9. The van der Waals surface area contributed by atoms with E-state index in [4.69, 9.17) is 23.0 Å². The zero-order valence-corrected chi connectivity index (χ0v) is 21.0. The van der Waals surface area contributed by atoms with Crippen LogP contribution in [0.1, 0.15) is 11.1 Å². The summed E-state index contributed by atoms with van der Waals surface area (Å²) in [6.07, 6.45) is 0.824. The van der Waals surface area contributed by atoms with Crippen LogP contribution in [0.3, 0.4) is 0 Å². The van der Waals surface area contributed by atoms with E-state index in [1.807, 2.05) is 48.5 Å². The number of para-hydroxylation sites is 1. The standard InChI is InChI=1S/C30H25NO7/c1-34-20-8-6-18(7-9-20)12-13-31-16-24-25(36-17-31)11-10-21-22(15-27(32)37-29(21)24)23-14-19-4-3-5-26(35-2)28(19)38-30(23)33/h3-11,14-15H,12-13,16-17H2,1-2H3. The molecule has 5 aromatic rings. The molecule has 0 saturated heterocycles. The molecule has 8 nitrogen and oxygen atoms in total. The number of nitrogens with zero attached hydrogens (tertiary/aromatic N) is 1. The maximum atomic E-state index is 13.1. The number of hydrogen-bond donors (Lipinski definition) is 0. The quantitative estimate of drug-likeness (QED) is 0.295. The zero-order valence-electron chi connectivity index (χ0n) is 21.0. The van der Waals surface area contributed by atoms with Crippen LogP contribution in [0.25, 0.3) is 33.1 Å². The molecular weight excluding hydrogens is 486 g/mol. The highest BCUT2D eigenvalue weighted by molar-refractivity contribution is 5.97.